The summed E-state index contributed by atoms with van der Waals surface area (Å²) in [6.07, 6.45) is -0.457. The van der Waals surface area contributed by atoms with Crippen molar-refractivity contribution in [1.82, 2.24) is 0 Å². The maximum Gasteiger partial charge on any atom is 0.137 e. The molecule has 0 radical (unpaired) electrons. The van der Waals surface area contributed by atoms with E-state index in [4.69, 9.17) is 10.5 Å². The number of quaternary nitrogens is 1. The van der Waals surface area contributed by atoms with Crippen LogP contribution in [0.1, 0.15) is 5.56 Å². The molecular weight excluding hydrogens is 216 g/mol. The number of hydrogen-bond donors (Lipinski definition) is 3. The molecule has 1 aromatic carbocycles. The smallest absolute Gasteiger partial charge is 0.137 e. The van der Waals surface area contributed by atoms with Crippen molar-refractivity contribution in [2.75, 3.05) is 33.3 Å². The van der Waals surface area contributed by atoms with Crippen molar-refractivity contribution in [3.8, 4) is 5.75 Å². The summed E-state index contributed by atoms with van der Waals surface area (Å²) in [5.74, 6) is 0.836. The molecule has 0 aliphatic carbocycles. The van der Waals surface area contributed by atoms with Gasteiger partial charge < -0.3 is 20.5 Å². The van der Waals surface area contributed by atoms with Gasteiger partial charge in [0.05, 0.1) is 13.6 Å². The van der Waals surface area contributed by atoms with E-state index in [1.165, 1.54) is 4.90 Å². The Morgan fingerprint density at radius 3 is 2.76 bits per heavy atom. The van der Waals surface area contributed by atoms with Gasteiger partial charge in [0, 0.05) is 6.54 Å². The number of ether oxygens (including phenoxy) is 1. The average molecular weight is 239 g/mol. The minimum atomic E-state index is -0.457. The topological polar surface area (TPSA) is 59.9 Å². The normalized spacial score (nSPS) is 14.4. The number of aryl methyl sites for hydroxylation is 1. The van der Waals surface area contributed by atoms with E-state index in [0.717, 1.165) is 17.9 Å². The summed E-state index contributed by atoms with van der Waals surface area (Å²) in [5, 5.41) is 9.81. The lowest BCUT2D eigenvalue weighted by Gasteiger charge is -2.18. The van der Waals surface area contributed by atoms with Crippen molar-refractivity contribution in [3.63, 3.8) is 0 Å². The molecule has 17 heavy (non-hydrogen) atoms. The molecule has 0 aliphatic heterocycles. The zero-order valence-electron chi connectivity index (χ0n) is 10.6. The molecule has 2 atom stereocenters. The Hall–Kier alpha value is -1.10. The number of likely N-dealkylation sites (N-methyl/N-ethyl adjacent to an activating group) is 1. The minimum Gasteiger partial charge on any atom is -0.490 e. The average Bonchev–Trinajstić information content (AvgIpc) is 2.28. The van der Waals surface area contributed by atoms with Crippen LogP contribution in [0.15, 0.2) is 24.3 Å². The van der Waals surface area contributed by atoms with Crippen LogP contribution in [0.25, 0.3) is 0 Å². The first-order valence-corrected chi connectivity index (χ1v) is 6.01. The van der Waals surface area contributed by atoms with E-state index in [1.54, 1.807) is 0 Å². The second-order valence-electron chi connectivity index (χ2n) is 4.43. The third-order valence-corrected chi connectivity index (χ3v) is 2.68. The summed E-state index contributed by atoms with van der Waals surface area (Å²) in [6, 6.07) is 7.81. The minimum absolute atomic E-state index is 0.326. The highest BCUT2D eigenvalue weighted by atomic mass is 16.5. The highest BCUT2D eigenvalue weighted by Crippen LogP contribution is 2.15. The first-order valence-electron chi connectivity index (χ1n) is 6.01. The zero-order valence-corrected chi connectivity index (χ0v) is 10.6. The van der Waals surface area contributed by atoms with Crippen LogP contribution in [-0.2, 0) is 0 Å². The Bertz CT molecular complexity index is 331. The highest BCUT2D eigenvalue weighted by molar-refractivity contribution is 5.31. The lowest BCUT2D eigenvalue weighted by atomic mass is 10.2. The zero-order chi connectivity index (χ0) is 12.7. The molecule has 1 rings (SSSR count). The van der Waals surface area contributed by atoms with Gasteiger partial charge in [0.25, 0.3) is 0 Å². The molecule has 4 N–H and O–H groups in total. The molecule has 4 nitrogen and oxygen atoms in total. The molecule has 0 aromatic heterocycles. The van der Waals surface area contributed by atoms with Crippen molar-refractivity contribution < 1.29 is 14.7 Å². The number of nitrogens with one attached hydrogen (secondary N) is 1. The van der Waals surface area contributed by atoms with Crippen LogP contribution in [0, 0.1) is 6.92 Å². The summed E-state index contributed by atoms with van der Waals surface area (Å²) in [7, 11) is 2.02. The summed E-state index contributed by atoms with van der Waals surface area (Å²) >= 11 is 0. The van der Waals surface area contributed by atoms with Crippen molar-refractivity contribution in [3.05, 3.63) is 29.8 Å². The maximum absolute atomic E-state index is 9.81. The fraction of sp³-hybridized carbons (Fsp3) is 0.538. The Morgan fingerprint density at radius 1 is 1.41 bits per heavy atom. The van der Waals surface area contributed by atoms with Gasteiger partial charge in [-0.25, -0.2) is 0 Å². The summed E-state index contributed by atoms with van der Waals surface area (Å²) in [5.41, 5.74) is 6.54. The lowest BCUT2D eigenvalue weighted by Crippen LogP contribution is -3.11. The first kappa shape index (κ1) is 14.0. The Labute approximate surface area is 103 Å². The van der Waals surface area contributed by atoms with E-state index in [-0.39, 0.29) is 0 Å². The van der Waals surface area contributed by atoms with Gasteiger partial charge >= 0.3 is 0 Å². The molecule has 1 aromatic rings. The van der Waals surface area contributed by atoms with Crippen molar-refractivity contribution >= 4 is 0 Å². The first-order chi connectivity index (χ1) is 8.13. The number of rotatable bonds is 7. The van der Waals surface area contributed by atoms with Gasteiger partial charge in [-0.05, 0) is 18.6 Å². The number of hydrogen-bond acceptors (Lipinski definition) is 3. The van der Waals surface area contributed by atoms with E-state index >= 15 is 0 Å². The Kier molecular flexibility index (Phi) is 5.97. The van der Waals surface area contributed by atoms with Crippen molar-refractivity contribution in [2.45, 2.75) is 13.0 Å². The molecule has 0 aliphatic rings. The van der Waals surface area contributed by atoms with Gasteiger partial charge in [-0.2, -0.15) is 0 Å². The van der Waals surface area contributed by atoms with Gasteiger partial charge in [0.2, 0.25) is 0 Å². The Morgan fingerprint density at radius 2 is 2.12 bits per heavy atom. The van der Waals surface area contributed by atoms with Crippen LogP contribution in [0.2, 0.25) is 0 Å². The second-order valence-corrected chi connectivity index (χ2v) is 4.43. The molecule has 96 valence electrons. The standard InChI is InChI=1S/C13H22N2O2/c1-11-5-3-4-6-13(11)17-10-12(16)9-15(2)8-7-14/h3-6,12,16H,7-10,14H2,1-2H3/p+1. The van der Waals surface area contributed by atoms with Crippen molar-refractivity contribution in [2.24, 2.45) is 5.73 Å². The molecule has 0 saturated carbocycles. The van der Waals surface area contributed by atoms with Gasteiger partial charge in [-0.3, -0.25) is 0 Å². The van der Waals surface area contributed by atoms with Crippen LogP contribution in [0.4, 0.5) is 0 Å². The molecule has 0 fully saturated rings. The number of aliphatic hydroxyl groups excluding tert-OH is 1. The third kappa shape index (κ3) is 5.17. The molecule has 0 heterocycles. The quantitative estimate of drug-likeness (QED) is 0.584. The number of benzene rings is 1. The summed E-state index contributed by atoms with van der Waals surface area (Å²) in [6.45, 7) is 4.47. The molecule has 4 heteroatoms. The Balaban J connectivity index is 2.33. The van der Waals surface area contributed by atoms with E-state index in [2.05, 4.69) is 0 Å². The van der Waals surface area contributed by atoms with Gasteiger partial charge in [-0.1, -0.05) is 18.2 Å². The molecule has 0 spiro atoms. The molecular formula is C13H23N2O2+. The summed E-state index contributed by atoms with van der Waals surface area (Å²) < 4.78 is 5.58. The monoisotopic (exact) mass is 239 g/mol. The lowest BCUT2D eigenvalue weighted by molar-refractivity contribution is -0.881. The third-order valence-electron chi connectivity index (χ3n) is 2.68. The largest absolute Gasteiger partial charge is 0.490 e. The molecule has 0 amide bonds. The molecule has 0 saturated heterocycles. The van der Waals surface area contributed by atoms with E-state index in [0.29, 0.717) is 19.7 Å². The van der Waals surface area contributed by atoms with Crippen LogP contribution < -0.4 is 15.4 Å². The van der Waals surface area contributed by atoms with Gasteiger partial charge in [0.15, 0.2) is 0 Å². The fourth-order valence-electron chi connectivity index (χ4n) is 1.71. The van der Waals surface area contributed by atoms with Gasteiger partial charge in [-0.15, -0.1) is 0 Å². The van der Waals surface area contributed by atoms with Crippen LogP contribution in [-0.4, -0.2) is 44.5 Å². The maximum atomic E-state index is 9.81. The second kappa shape index (κ2) is 7.27. The van der Waals surface area contributed by atoms with Crippen LogP contribution in [0.3, 0.4) is 0 Å². The number of nitrogens with two attached hydrogens (primary N) is 1. The SMILES string of the molecule is Cc1ccccc1OCC(O)C[NH+](C)CCN. The molecule has 0 bridgehead atoms. The van der Waals surface area contributed by atoms with E-state index in [9.17, 15) is 5.11 Å². The molecule has 2 unspecified atom stereocenters. The van der Waals surface area contributed by atoms with E-state index in [1.807, 2.05) is 38.2 Å². The predicted octanol–water partition coefficient (Wildman–Crippen LogP) is -0.792. The van der Waals surface area contributed by atoms with Crippen LogP contribution in [0.5, 0.6) is 5.75 Å². The number of aliphatic hydroxyl groups is 1. The highest BCUT2D eigenvalue weighted by Gasteiger charge is 2.11. The predicted molar refractivity (Wildman–Crippen MR) is 68.4 cm³/mol. The van der Waals surface area contributed by atoms with Crippen LogP contribution >= 0.6 is 0 Å². The summed E-state index contributed by atoms with van der Waals surface area (Å²) in [4.78, 5) is 1.22. The van der Waals surface area contributed by atoms with Gasteiger partial charge in [0.1, 0.15) is 25.0 Å². The number of para-hydroxylation sites is 1. The van der Waals surface area contributed by atoms with E-state index < -0.39 is 6.10 Å². The van der Waals surface area contributed by atoms with Crippen molar-refractivity contribution in [1.29, 1.82) is 0 Å². The fourth-order valence-corrected chi connectivity index (χ4v) is 1.71.